The first-order valence-electron chi connectivity index (χ1n) is 16.8. The largest absolute Gasteiger partial charge is 0.390 e. The molecule has 49 heavy (non-hydrogen) atoms. The number of aliphatic hydroxyl groups excluding tert-OH is 1. The van der Waals surface area contributed by atoms with Crippen LogP contribution in [0.2, 0.25) is 0 Å². The second-order valence-electron chi connectivity index (χ2n) is 12.5. The van der Waals surface area contributed by atoms with Gasteiger partial charge in [0.05, 0.1) is 12.1 Å². The lowest BCUT2D eigenvalue weighted by Gasteiger charge is -2.25. The van der Waals surface area contributed by atoms with E-state index < -0.39 is 29.7 Å². The summed E-state index contributed by atoms with van der Waals surface area (Å²) >= 11 is 1.73. The molecule has 9 heteroatoms. The molecular weight excluding hydrogens is 641 g/mol. The summed E-state index contributed by atoms with van der Waals surface area (Å²) in [7, 11) is 0. The molecule has 0 radical (unpaired) electrons. The van der Waals surface area contributed by atoms with Gasteiger partial charge in [0.25, 0.3) is 11.8 Å². The van der Waals surface area contributed by atoms with Gasteiger partial charge in [0.15, 0.2) is 0 Å². The molecule has 0 bridgehead atoms. The monoisotopic (exact) mass is 683 g/mol. The minimum atomic E-state index is -1.10. The number of carbonyl (C=O) groups is 2. The second-order valence-corrected chi connectivity index (χ2v) is 13.6. The summed E-state index contributed by atoms with van der Waals surface area (Å²) in [6, 6.07) is 25.9. The standard InChI is InChI=1S/C40H43F2N3O3S/c1-4-13-45(14-5-2)40(48)32-16-26(3)15-31(21-32)39(47)44-35(20-28-18-33(41)23-34(42)19-28)36(46)25-43-24-27-9-8-11-29(17-27)38-22-30-10-6-7-12-37(30)49-38/h6-12,15-19,21-23,35-36,43,46H,4-5,13-14,20,24-25H2,1-3H3,(H,44,47)/t35-,36+/m0/s1. The van der Waals surface area contributed by atoms with E-state index in [0.717, 1.165) is 40.5 Å². The van der Waals surface area contributed by atoms with Crippen molar-refractivity contribution in [1.29, 1.82) is 0 Å². The number of nitrogens with one attached hydrogen (secondary N) is 2. The number of aryl methyl sites for hydroxylation is 1. The predicted octanol–water partition coefficient (Wildman–Crippen LogP) is 7.91. The maximum atomic E-state index is 14.1. The van der Waals surface area contributed by atoms with Crippen molar-refractivity contribution >= 4 is 33.2 Å². The number of hydrogen-bond donors (Lipinski definition) is 3. The Labute approximate surface area is 290 Å². The highest BCUT2D eigenvalue weighted by atomic mass is 32.1. The Morgan fingerprint density at radius 1 is 0.837 bits per heavy atom. The Kier molecular flexibility index (Phi) is 12.3. The van der Waals surface area contributed by atoms with Crippen molar-refractivity contribution in [2.45, 2.75) is 58.7 Å². The van der Waals surface area contributed by atoms with Crippen molar-refractivity contribution in [3.05, 3.63) is 130 Å². The van der Waals surface area contributed by atoms with E-state index in [0.29, 0.717) is 30.8 Å². The smallest absolute Gasteiger partial charge is 0.253 e. The van der Waals surface area contributed by atoms with Gasteiger partial charge < -0.3 is 20.6 Å². The third kappa shape index (κ3) is 9.59. The number of amides is 2. The van der Waals surface area contributed by atoms with E-state index in [1.807, 2.05) is 45.0 Å². The van der Waals surface area contributed by atoms with Gasteiger partial charge in [-0.05, 0) is 102 Å². The zero-order valence-corrected chi connectivity index (χ0v) is 29.0. The quantitative estimate of drug-likeness (QED) is 0.105. The van der Waals surface area contributed by atoms with Crippen LogP contribution in [-0.4, -0.2) is 53.6 Å². The number of nitrogens with zero attached hydrogens (tertiary/aromatic N) is 1. The number of thiophene rings is 1. The molecule has 0 unspecified atom stereocenters. The minimum absolute atomic E-state index is 0.0108. The molecule has 4 aromatic carbocycles. The first kappa shape index (κ1) is 35.9. The van der Waals surface area contributed by atoms with Crippen molar-refractivity contribution in [2.75, 3.05) is 19.6 Å². The van der Waals surface area contributed by atoms with E-state index in [4.69, 9.17) is 0 Å². The van der Waals surface area contributed by atoms with E-state index in [1.165, 1.54) is 22.2 Å². The molecular formula is C40H43F2N3O3S. The van der Waals surface area contributed by atoms with E-state index in [2.05, 4.69) is 41.0 Å². The molecule has 3 N–H and O–H groups in total. The van der Waals surface area contributed by atoms with Gasteiger partial charge in [-0.2, -0.15) is 0 Å². The SMILES string of the molecule is CCCN(CCC)C(=O)c1cc(C)cc(C(=O)N[C@@H](Cc2cc(F)cc(F)c2)[C@H](O)CNCc2cccc(-c3cc4ccccc4s3)c2)c1. The zero-order chi connectivity index (χ0) is 34.9. The lowest BCUT2D eigenvalue weighted by atomic mass is 9.99. The number of halogens is 2. The molecule has 0 spiro atoms. The van der Waals surface area contributed by atoms with Crippen molar-refractivity contribution in [3.8, 4) is 10.4 Å². The van der Waals surface area contributed by atoms with Gasteiger partial charge in [-0.15, -0.1) is 11.3 Å². The van der Waals surface area contributed by atoms with Crippen LogP contribution in [-0.2, 0) is 13.0 Å². The number of benzene rings is 4. The van der Waals surface area contributed by atoms with Gasteiger partial charge in [0.2, 0.25) is 0 Å². The van der Waals surface area contributed by atoms with Crippen molar-refractivity contribution < 1.29 is 23.5 Å². The molecule has 5 aromatic rings. The lowest BCUT2D eigenvalue weighted by molar-refractivity contribution is 0.0755. The van der Waals surface area contributed by atoms with Crippen molar-refractivity contribution in [3.63, 3.8) is 0 Å². The number of fused-ring (bicyclic) bond motifs is 1. The summed E-state index contributed by atoms with van der Waals surface area (Å²) in [5.74, 6) is -2.12. The molecule has 0 saturated carbocycles. The van der Waals surface area contributed by atoms with Crippen LogP contribution in [0, 0.1) is 18.6 Å². The molecule has 1 aromatic heterocycles. The van der Waals surface area contributed by atoms with E-state index in [-0.39, 0.29) is 24.4 Å². The van der Waals surface area contributed by atoms with Gasteiger partial charge in [-0.25, -0.2) is 8.78 Å². The first-order valence-corrected chi connectivity index (χ1v) is 17.6. The molecule has 0 fully saturated rings. The summed E-state index contributed by atoms with van der Waals surface area (Å²) < 4.78 is 29.5. The summed E-state index contributed by atoms with van der Waals surface area (Å²) in [5.41, 5.74) is 3.84. The van der Waals surface area contributed by atoms with Gasteiger partial charge in [-0.3, -0.25) is 9.59 Å². The summed E-state index contributed by atoms with van der Waals surface area (Å²) in [6.07, 6.45) is 0.521. The maximum absolute atomic E-state index is 14.1. The lowest BCUT2D eigenvalue weighted by Crippen LogP contribution is -2.48. The molecule has 0 aliphatic carbocycles. The van der Waals surface area contributed by atoms with Crippen molar-refractivity contribution in [1.82, 2.24) is 15.5 Å². The van der Waals surface area contributed by atoms with Crippen LogP contribution in [0.25, 0.3) is 20.5 Å². The van der Waals surface area contributed by atoms with Crippen LogP contribution < -0.4 is 10.6 Å². The van der Waals surface area contributed by atoms with Gasteiger partial charge in [-0.1, -0.05) is 50.2 Å². The number of carbonyl (C=O) groups excluding carboxylic acids is 2. The Bertz CT molecular complexity index is 1850. The highest BCUT2D eigenvalue weighted by Crippen LogP contribution is 2.33. The molecule has 6 nitrogen and oxygen atoms in total. The average Bonchev–Trinajstić information content (AvgIpc) is 3.52. The van der Waals surface area contributed by atoms with Crippen LogP contribution in [0.4, 0.5) is 8.78 Å². The molecule has 0 aliphatic heterocycles. The molecule has 2 amide bonds. The highest BCUT2D eigenvalue weighted by molar-refractivity contribution is 7.22. The van der Waals surface area contributed by atoms with E-state index >= 15 is 0 Å². The molecule has 0 saturated heterocycles. The topological polar surface area (TPSA) is 81.7 Å². The molecule has 1 heterocycles. The van der Waals surface area contributed by atoms with Crippen LogP contribution in [0.5, 0.6) is 0 Å². The average molecular weight is 684 g/mol. The zero-order valence-electron chi connectivity index (χ0n) is 28.1. The Morgan fingerprint density at radius 2 is 1.55 bits per heavy atom. The second kappa shape index (κ2) is 16.8. The molecule has 5 rings (SSSR count). The Morgan fingerprint density at radius 3 is 2.27 bits per heavy atom. The number of rotatable bonds is 15. The van der Waals surface area contributed by atoms with Crippen LogP contribution in [0.1, 0.15) is 64.1 Å². The van der Waals surface area contributed by atoms with E-state index in [1.54, 1.807) is 34.4 Å². The van der Waals surface area contributed by atoms with Gasteiger partial charge in [0, 0.05) is 52.9 Å². The Balaban J connectivity index is 1.31. The molecule has 0 aliphatic rings. The number of hydrogen-bond acceptors (Lipinski definition) is 5. The van der Waals surface area contributed by atoms with Crippen LogP contribution >= 0.6 is 11.3 Å². The van der Waals surface area contributed by atoms with E-state index in [9.17, 15) is 23.5 Å². The molecule has 256 valence electrons. The first-order chi connectivity index (χ1) is 23.6. The van der Waals surface area contributed by atoms with Gasteiger partial charge in [0.1, 0.15) is 11.6 Å². The van der Waals surface area contributed by atoms with Gasteiger partial charge >= 0.3 is 0 Å². The summed E-state index contributed by atoms with van der Waals surface area (Å²) in [4.78, 5) is 29.9. The normalized spacial score (nSPS) is 12.5. The van der Waals surface area contributed by atoms with Crippen LogP contribution in [0.3, 0.4) is 0 Å². The third-order valence-electron chi connectivity index (χ3n) is 8.34. The highest BCUT2D eigenvalue weighted by Gasteiger charge is 2.24. The Hall–Kier alpha value is -4.44. The predicted molar refractivity (Wildman–Crippen MR) is 194 cm³/mol. The number of aliphatic hydroxyl groups is 1. The third-order valence-corrected chi connectivity index (χ3v) is 9.50. The summed E-state index contributed by atoms with van der Waals surface area (Å²) in [6.45, 7) is 7.64. The summed E-state index contributed by atoms with van der Waals surface area (Å²) in [5, 5.41) is 18.7. The van der Waals surface area contributed by atoms with Crippen molar-refractivity contribution in [2.24, 2.45) is 0 Å². The fourth-order valence-electron chi connectivity index (χ4n) is 6.06. The fraction of sp³-hybridized carbons (Fsp3) is 0.300. The molecule has 2 atom stereocenters. The maximum Gasteiger partial charge on any atom is 0.253 e. The van der Waals surface area contributed by atoms with Crippen LogP contribution in [0.15, 0.2) is 91.0 Å². The minimum Gasteiger partial charge on any atom is -0.390 e. The fourth-order valence-corrected chi connectivity index (χ4v) is 7.12.